The molecule has 0 spiro atoms. The van der Waals surface area contributed by atoms with Crippen LogP contribution in [0.25, 0.3) is 0 Å². The Hall–Kier alpha value is -0.570. The second-order valence-corrected chi connectivity index (χ2v) is 4.97. The minimum Gasteiger partial charge on any atom is -0.342 e. The van der Waals surface area contributed by atoms with Crippen LogP contribution in [0.2, 0.25) is 0 Å². The molecule has 0 aliphatic carbocycles. The molecular weight excluding hydrogens is 188 g/mol. The summed E-state index contributed by atoms with van der Waals surface area (Å²) in [4.78, 5) is 14.0. The highest BCUT2D eigenvalue weighted by atomic mass is 16.2. The van der Waals surface area contributed by atoms with Crippen LogP contribution in [0.15, 0.2) is 0 Å². The van der Waals surface area contributed by atoms with E-state index in [9.17, 15) is 4.79 Å². The molecule has 1 unspecified atom stereocenters. The van der Waals surface area contributed by atoms with E-state index in [1.54, 1.807) is 0 Å². The first kappa shape index (κ1) is 12.5. The van der Waals surface area contributed by atoms with Crippen molar-refractivity contribution >= 4 is 5.91 Å². The number of carbonyl (C=O) groups excluding carboxylic acids is 1. The van der Waals surface area contributed by atoms with E-state index >= 15 is 0 Å². The van der Waals surface area contributed by atoms with Gasteiger partial charge in [-0.15, -0.1) is 0 Å². The van der Waals surface area contributed by atoms with Gasteiger partial charge in [-0.25, -0.2) is 0 Å². The second-order valence-electron chi connectivity index (χ2n) is 4.97. The maximum atomic E-state index is 12.0. The van der Waals surface area contributed by atoms with Crippen LogP contribution in [0.4, 0.5) is 0 Å². The normalized spacial score (nSPS) is 24.1. The van der Waals surface area contributed by atoms with Crippen LogP contribution in [-0.4, -0.2) is 37.0 Å². The van der Waals surface area contributed by atoms with E-state index in [-0.39, 0.29) is 5.92 Å². The lowest BCUT2D eigenvalue weighted by molar-refractivity contribution is -0.135. The maximum absolute atomic E-state index is 12.0. The number of nitrogens with one attached hydrogen (secondary N) is 1. The molecule has 3 nitrogen and oxygen atoms in total. The molecule has 1 saturated heterocycles. The van der Waals surface area contributed by atoms with Gasteiger partial charge in [0.15, 0.2) is 0 Å². The van der Waals surface area contributed by atoms with Crippen molar-refractivity contribution in [1.82, 2.24) is 10.2 Å². The van der Waals surface area contributed by atoms with Crippen molar-refractivity contribution in [3.05, 3.63) is 0 Å². The van der Waals surface area contributed by atoms with E-state index in [0.717, 1.165) is 39.0 Å². The van der Waals surface area contributed by atoms with Gasteiger partial charge >= 0.3 is 0 Å². The van der Waals surface area contributed by atoms with Crippen molar-refractivity contribution in [3.8, 4) is 0 Å². The third kappa shape index (κ3) is 4.20. The number of rotatable bonds is 3. The van der Waals surface area contributed by atoms with Crippen LogP contribution >= 0.6 is 0 Å². The van der Waals surface area contributed by atoms with Gasteiger partial charge in [-0.3, -0.25) is 4.79 Å². The van der Waals surface area contributed by atoms with Gasteiger partial charge in [0, 0.05) is 25.6 Å². The first-order valence-corrected chi connectivity index (χ1v) is 6.10. The average Bonchev–Trinajstić information content (AvgIpc) is 2.18. The van der Waals surface area contributed by atoms with E-state index in [1.807, 2.05) is 11.8 Å². The van der Waals surface area contributed by atoms with Gasteiger partial charge in [-0.2, -0.15) is 0 Å². The predicted molar refractivity (Wildman–Crippen MR) is 62.7 cm³/mol. The molecule has 0 saturated carbocycles. The first-order chi connectivity index (χ1) is 7.11. The molecule has 1 atom stereocenters. The fraction of sp³-hybridized carbons (Fsp3) is 0.917. The van der Waals surface area contributed by atoms with Crippen LogP contribution in [0, 0.1) is 11.8 Å². The molecule has 0 bridgehead atoms. The number of carbonyl (C=O) groups is 1. The number of hydrogen-bond donors (Lipinski definition) is 1. The Morgan fingerprint density at radius 2 is 2.27 bits per heavy atom. The van der Waals surface area contributed by atoms with E-state index in [0.29, 0.717) is 11.8 Å². The summed E-state index contributed by atoms with van der Waals surface area (Å²) in [5.74, 6) is 1.14. The molecule has 1 aliphatic rings. The second kappa shape index (κ2) is 6.11. The summed E-state index contributed by atoms with van der Waals surface area (Å²) in [5, 5.41) is 3.31. The summed E-state index contributed by atoms with van der Waals surface area (Å²) >= 11 is 0. The van der Waals surface area contributed by atoms with Gasteiger partial charge in [0.25, 0.3) is 0 Å². The van der Waals surface area contributed by atoms with Crippen molar-refractivity contribution in [2.24, 2.45) is 11.8 Å². The fourth-order valence-corrected chi connectivity index (χ4v) is 1.86. The Morgan fingerprint density at radius 3 is 2.93 bits per heavy atom. The van der Waals surface area contributed by atoms with Crippen molar-refractivity contribution in [3.63, 3.8) is 0 Å². The minimum atomic E-state index is 0.137. The van der Waals surface area contributed by atoms with Crippen LogP contribution in [0.3, 0.4) is 0 Å². The third-order valence-electron chi connectivity index (χ3n) is 2.94. The molecule has 3 heteroatoms. The lowest BCUT2D eigenvalue weighted by Crippen LogP contribution is -2.43. The van der Waals surface area contributed by atoms with Gasteiger partial charge in [0.05, 0.1) is 0 Å². The molecule has 0 aromatic heterocycles. The minimum absolute atomic E-state index is 0.137. The Kier molecular flexibility index (Phi) is 5.09. The fourth-order valence-electron chi connectivity index (χ4n) is 1.86. The highest BCUT2D eigenvalue weighted by Crippen LogP contribution is 2.09. The van der Waals surface area contributed by atoms with E-state index < -0.39 is 0 Å². The SMILES string of the molecule is CC(C)CCN1CCCNCC(C)C1=O. The van der Waals surface area contributed by atoms with Crippen molar-refractivity contribution < 1.29 is 4.79 Å². The zero-order valence-electron chi connectivity index (χ0n) is 10.3. The molecular formula is C12H24N2O. The first-order valence-electron chi connectivity index (χ1n) is 6.10. The predicted octanol–water partition coefficient (Wildman–Crippen LogP) is 1.49. The highest BCUT2D eigenvalue weighted by Gasteiger charge is 2.21. The zero-order chi connectivity index (χ0) is 11.3. The van der Waals surface area contributed by atoms with Crippen molar-refractivity contribution in [1.29, 1.82) is 0 Å². The van der Waals surface area contributed by atoms with E-state index in [2.05, 4.69) is 19.2 Å². The van der Waals surface area contributed by atoms with Crippen molar-refractivity contribution in [2.75, 3.05) is 26.2 Å². The monoisotopic (exact) mass is 212 g/mol. The standard InChI is InChI=1S/C12H24N2O/c1-10(2)5-8-14-7-4-6-13-9-11(3)12(14)15/h10-11,13H,4-9H2,1-3H3. The molecule has 1 rings (SSSR count). The number of amides is 1. The summed E-state index contributed by atoms with van der Waals surface area (Å²) in [6.45, 7) is 10.2. The van der Waals surface area contributed by atoms with Gasteiger partial charge in [0.1, 0.15) is 0 Å². The summed E-state index contributed by atoms with van der Waals surface area (Å²) < 4.78 is 0. The van der Waals surface area contributed by atoms with Crippen LogP contribution < -0.4 is 5.32 Å². The molecule has 1 amide bonds. The van der Waals surface area contributed by atoms with Gasteiger partial charge in [-0.05, 0) is 25.3 Å². The molecule has 0 radical (unpaired) electrons. The number of hydrogen-bond acceptors (Lipinski definition) is 2. The zero-order valence-corrected chi connectivity index (χ0v) is 10.3. The lowest BCUT2D eigenvalue weighted by atomic mass is 10.1. The van der Waals surface area contributed by atoms with Crippen LogP contribution in [0.1, 0.15) is 33.6 Å². The average molecular weight is 212 g/mol. The molecule has 0 aromatic carbocycles. The molecule has 0 aromatic rings. The highest BCUT2D eigenvalue weighted by molar-refractivity contribution is 5.78. The molecule has 1 heterocycles. The smallest absolute Gasteiger partial charge is 0.226 e. The Balaban J connectivity index is 2.46. The summed E-state index contributed by atoms with van der Waals surface area (Å²) in [6.07, 6.45) is 2.20. The largest absolute Gasteiger partial charge is 0.342 e. The molecule has 1 N–H and O–H groups in total. The topological polar surface area (TPSA) is 32.3 Å². The van der Waals surface area contributed by atoms with Crippen molar-refractivity contribution in [2.45, 2.75) is 33.6 Å². The Morgan fingerprint density at radius 1 is 1.53 bits per heavy atom. The Labute approximate surface area is 93.2 Å². The third-order valence-corrected chi connectivity index (χ3v) is 2.94. The quantitative estimate of drug-likeness (QED) is 0.768. The number of nitrogens with zero attached hydrogens (tertiary/aromatic N) is 1. The summed E-state index contributed by atoms with van der Waals surface area (Å²) in [7, 11) is 0. The molecule has 15 heavy (non-hydrogen) atoms. The molecule has 1 aliphatic heterocycles. The van der Waals surface area contributed by atoms with Gasteiger partial charge < -0.3 is 10.2 Å². The van der Waals surface area contributed by atoms with Crippen LogP contribution in [0.5, 0.6) is 0 Å². The van der Waals surface area contributed by atoms with Crippen LogP contribution in [-0.2, 0) is 4.79 Å². The summed E-state index contributed by atoms with van der Waals surface area (Å²) in [5.41, 5.74) is 0. The van der Waals surface area contributed by atoms with E-state index in [1.165, 1.54) is 0 Å². The summed E-state index contributed by atoms with van der Waals surface area (Å²) in [6, 6.07) is 0. The van der Waals surface area contributed by atoms with Gasteiger partial charge in [0.2, 0.25) is 5.91 Å². The molecule has 88 valence electrons. The Bertz CT molecular complexity index is 204. The maximum Gasteiger partial charge on any atom is 0.226 e. The lowest BCUT2D eigenvalue weighted by Gasteiger charge is -2.29. The molecule has 1 fully saturated rings. The van der Waals surface area contributed by atoms with Gasteiger partial charge in [-0.1, -0.05) is 20.8 Å². The van der Waals surface area contributed by atoms with E-state index in [4.69, 9.17) is 0 Å².